The van der Waals surface area contributed by atoms with Crippen molar-refractivity contribution in [3.8, 4) is 0 Å². The molecule has 2 saturated carbocycles. The van der Waals surface area contributed by atoms with E-state index in [0.717, 1.165) is 25.7 Å². The molecule has 6 atom stereocenters. The van der Waals surface area contributed by atoms with Crippen LogP contribution in [0.4, 0.5) is 0 Å². The third-order valence-corrected chi connectivity index (χ3v) is 8.29. The van der Waals surface area contributed by atoms with Crippen molar-refractivity contribution in [2.75, 3.05) is 6.61 Å². The fourth-order valence-corrected chi connectivity index (χ4v) is 7.07. The molecule has 2 N–H and O–H groups in total. The molecule has 4 rings (SSSR count). The first kappa shape index (κ1) is 17.7. The molecule has 2 aliphatic carbocycles. The number of aliphatic hydroxyl groups is 1. The molecule has 5 nitrogen and oxygen atoms in total. The van der Waals surface area contributed by atoms with Crippen molar-refractivity contribution in [3.63, 3.8) is 0 Å². The van der Waals surface area contributed by atoms with Gasteiger partial charge in [0.15, 0.2) is 0 Å². The zero-order chi connectivity index (χ0) is 18.3. The van der Waals surface area contributed by atoms with E-state index in [1.165, 1.54) is 6.42 Å². The van der Waals surface area contributed by atoms with Gasteiger partial charge < -0.3 is 19.7 Å². The molecule has 5 heteroatoms. The van der Waals surface area contributed by atoms with Gasteiger partial charge in [-0.1, -0.05) is 27.2 Å². The highest BCUT2D eigenvalue weighted by molar-refractivity contribution is 5.68. The minimum absolute atomic E-state index is 0.00502. The average molecular weight is 352 g/mol. The van der Waals surface area contributed by atoms with Crippen LogP contribution >= 0.6 is 0 Å². The Labute approximate surface area is 150 Å². The Morgan fingerprint density at radius 2 is 1.84 bits per heavy atom. The molecular weight excluding hydrogens is 320 g/mol. The van der Waals surface area contributed by atoms with Gasteiger partial charge in [0.1, 0.15) is 11.2 Å². The first-order chi connectivity index (χ1) is 11.5. The van der Waals surface area contributed by atoms with Gasteiger partial charge in [-0.05, 0) is 50.4 Å². The normalized spacial score (nSPS) is 53.3. The highest BCUT2D eigenvalue weighted by atomic mass is 16.7. The van der Waals surface area contributed by atoms with Crippen LogP contribution in [0.2, 0.25) is 0 Å². The lowest BCUT2D eigenvalue weighted by Gasteiger charge is -2.62. The Bertz CT molecular complexity index is 603. The van der Waals surface area contributed by atoms with Gasteiger partial charge in [0, 0.05) is 5.41 Å². The third kappa shape index (κ3) is 2.09. The van der Waals surface area contributed by atoms with Gasteiger partial charge >= 0.3 is 5.97 Å². The van der Waals surface area contributed by atoms with Gasteiger partial charge in [0.25, 0.3) is 0 Å². The molecule has 2 saturated heterocycles. The predicted molar refractivity (Wildman–Crippen MR) is 92.2 cm³/mol. The molecule has 4 fully saturated rings. The molecule has 0 amide bonds. The summed E-state index contributed by atoms with van der Waals surface area (Å²) in [5.41, 5.74) is -1.79. The zero-order valence-corrected chi connectivity index (χ0v) is 15.9. The smallest absolute Gasteiger partial charge is 0.306 e. The highest BCUT2D eigenvalue weighted by Gasteiger charge is 2.82. The van der Waals surface area contributed by atoms with Crippen LogP contribution in [0.1, 0.15) is 72.6 Å². The first-order valence-electron chi connectivity index (χ1n) is 9.75. The van der Waals surface area contributed by atoms with Crippen LogP contribution in [0.25, 0.3) is 0 Å². The van der Waals surface area contributed by atoms with Gasteiger partial charge in [-0.25, -0.2) is 0 Å². The summed E-state index contributed by atoms with van der Waals surface area (Å²) in [5, 5.41) is 19.6. The van der Waals surface area contributed by atoms with E-state index in [-0.39, 0.29) is 30.0 Å². The van der Waals surface area contributed by atoms with Crippen LogP contribution in [0, 0.1) is 16.7 Å². The fourth-order valence-electron chi connectivity index (χ4n) is 7.07. The van der Waals surface area contributed by atoms with E-state index < -0.39 is 22.8 Å². The Morgan fingerprint density at radius 3 is 2.48 bits per heavy atom. The van der Waals surface area contributed by atoms with Crippen LogP contribution in [0.3, 0.4) is 0 Å². The number of carboxylic acids is 1. The lowest BCUT2D eigenvalue weighted by molar-refractivity contribution is -0.245. The van der Waals surface area contributed by atoms with E-state index in [1.807, 2.05) is 6.92 Å². The van der Waals surface area contributed by atoms with Crippen molar-refractivity contribution in [2.24, 2.45) is 16.7 Å². The van der Waals surface area contributed by atoms with E-state index in [4.69, 9.17) is 9.47 Å². The standard InChI is InChI=1S/C20H32O5/c1-16(2)6-5-7-18(4)13(16)10-14-19(12-21,24-14)20(18)9-8-17(3,25-20)11-15(22)23/h13-14,21H,5-12H2,1-4H3,(H,22,23). The first-order valence-corrected chi connectivity index (χ1v) is 9.75. The lowest BCUT2D eigenvalue weighted by Crippen LogP contribution is -2.68. The molecule has 0 bridgehead atoms. The van der Waals surface area contributed by atoms with Crippen molar-refractivity contribution in [1.29, 1.82) is 0 Å². The predicted octanol–water partition coefficient (Wildman–Crippen LogP) is 3.14. The summed E-state index contributed by atoms with van der Waals surface area (Å²) in [6.07, 6.45) is 5.91. The lowest BCUT2D eigenvalue weighted by atomic mass is 9.44. The number of hydrogen-bond acceptors (Lipinski definition) is 4. The van der Waals surface area contributed by atoms with Crippen molar-refractivity contribution in [2.45, 2.75) is 95.5 Å². The molecule has 2 aliphatic heterocycles. The zero-order valence-electron chi connectivity index (χ0n) is 15.9. The maximum absolute atomic E-state index is 11.4. The Hall–Kier alpha value is -0.650. The summed E-state index contributed by atoms with van der Waals surface area (Å²) in [6.45, 7) is 8.90. The summed E-state index contributed by atoms with van der Waals surface area (Å²) >= 11 is 0. The molecule has 0 radical (unpaired) electrons. The summed E-state index contributed by atoms with van der Waals surface area (Å²) in [5.74, 6) is -0.361. The van der Waals surface area contributed by atoms with Crippen LogP contribution < -0.4 is 0 Å². The molecule has 4 aliphatic rings. The average Bonchev–Trinajstić information content (AvgIpc) is 3.12. The van der Waals surface area contributed by atoms with Crippen molar-refractivity contribution in [1.82, 2.24) is 0 Å². The van der Waals surface area contributed by atoms with Gasteiger partial charge in [-0.2, -0.15) is 0 Å². The topological polar surface area (TPSA) is 79.3 Å². The Morgan fingerprint density at radius 1 is 1.12 bits per heavy atom. The number of carbonyl (C=O) groups is 1. The maximum Gasteiger partial charge on any atom is 0.306 e. The van der Waals surface area contributed by atoms with Gasteiger partial charge in [-0.3, -0.25) is 4.79 Å². The number of ether oxygens (including phenoxy) is 2. The minimum Gasteiger partial charge on any atom is -0.481 e. The van der Waals surface area contributed by atoms with Crippen molar-refractivity contribution >= 4 is 5.97 Å². The van der Waals surface area contributed by atoms with Crippen molar-refractivity contribution < 1.29 is 24.5 Å². The maximum atomic E-state index is 11.4. The quantitative estimate of drug-likeness (QED) is 0.763. The molecule has 25 heavy (non-hydrogen) atoms. The molecule has 0 aromatic carbocycles. The summed E-state index contributed by atoms with van der Waals surface area (Å²) < 4.78 is 12.9. The van der Waals surface area contributed by atoms with E-state index in [1.54, 1.807) is 0 Å². The fraction of sp³-hybridized carbons (Fsp3) is 0.950. The number of carboxylic acid groups (broad SMARTS) is 1. The molecule has 1 spiro atoms. The molecule has 0 aromatic heterocycles. The molecule has 2 heterocycles. The second-order valence-corrected chi connectivity index (χ2v) is 10.2. The number of fused-ring (bicyclic) bond motifs is 4. The summed E-state index contributed by atoms with van der Waals surface area (Å²) in [7, 11) is 0. The molecular formula is C20H32O5. The van der Waals surface area contributed by atoms with Gasteiger partial charge in [-0.15, -0.1) is 0 Å². The van der Waals surface area contributed by atoms with Crippen LogP contribution in [0.15, 0.2) is 0 Å². The van der Waals surface area contributed by atoms with Gasteiger partial charge in [0.05, 0.1) is 24.7 Å². The summed E-state index contributed by atoms with van der Waals surface area (Å²) in [6, 6.07) is 0. The SMILES string of the molecule is CC1(CC(=O)O)CCC2(O1)C1(C)CCCC(C)(C)C1CC1OC12CO. The second-order valence-electron chi connectivity index (χ2n) is 10.2. The number of epoxide rings is 1. The van der Waals surface area contributed by atoms with E-state index in [0.29, 0.717) is 12.3 Å². The van der Waals surface area contributed by atoms with E-state index >= 15 is 0 Å². The molecule has 142 valence electrons. The number of aliphatic hydroxyl groups excluding tert-OH is 1. The highest BCUT2D eigenvalue weighted by Crippen LogP contribution is 2.74. The Kier molecular flexibility index (Phi) is 3.54. The van der Waals surface area contributed by atoms with Crippen molar-refractivity contribution in [3.05, 3.63) is 0 Å². The number of rotatable bonds is 3. The van der Waals surface area contributed by atoms with Crippen LogP contribution in [0.5, 0.6) is 0 Å². The van der Waals surface area contributed by atoms with E-state index in [2.05, 4.69) is 20.8 Å². The number of hydrogen-bond donors (Lipinski definition) is 2. The number of aliphatic carboxylic acids is 1. The Balaban J connectivity index is 1.79. The van der Waals surface area contributed by atoms with Crippen LogP contribution in [-0.2, 0) is 14.3 Å². The third-order valence-electron chi connectivity index (χ3n) is 8.29. The molecule has 6 unspecified atom stereocenters. The second kappa shape index (κ2) is 4.99. The molecule has 0 aromatic rings. The summed E-state index contributed by atoms with van der Waals surface area (Å²) in [4.78, 5) is 11.4. The van der Waals surface area contributed by atoms with Crippen LogP contribution in [-0.4, -0.2) is 45.7 Å². The largest absolute Gasteiger partial charge is 0.481 e. The monoisotopic (exact) mass is 352 g/mol. The van der Waals surface area contributed by atoms with Gasteiger partial charge in [0.2, 0.25) is 0 Å². The van der Waals surface area contributed by atoms with E-state index in [9.17, 15) is 15.0 Å². The minimum atomic E-state index is -0.827.